The number of rotatable bonds is 5. The number of benzene rings is 1. The summed E-state index contributed by atoms with van der Waals surface area (Å²) in [6.07, 6.45) is 1.89. The molecule has 0 spiro atoms. The fourth-order valence-electron chi connectivity index (χ4n) is 1.87. The van der Waals surface area contributed by atoms with Crippen LogP contribution in [0.1, 0.15) is 15.9 Å². The molecule has 0 unspecified atom stereocenters. The van der Waals surface area contributed by atoms with Gasteiger partial charge in [-0.05, 0) is 18.1 Å². The maximum Gasteiger partial charge on any atom is 0.253 e. The van der Waals surface area contributed by atoms with Gasteiger partial charge in [-0.2, -0.15) is 0 Å². The van der Waals surface area contributed by atoms with E-state index in [1.807, 2.05) is 30.3 Å². The molecule has 2 rings (SSSR count). The van der Waals surface area contributed by atoms with Crippen LogP contribution in [0.3, 0.4) is 0 Å². The van der Waals surface area contributed by atoms with Crippen molar-refractivity contribution >= 4 is 29.1 Å². The van der Waals surface area contributed by atoms with Crippen molar-refractivity contribution in [3.63, 3.8) is 0 Å². The van der Waals surface area contributed by atoms with Gasteiger partial charge in [-0.3, -0.25) is 4.79 Å². The fraction of sp³-hybridized carbons (Fsp3) is 0.200. The Morgan fingerprint density at radius 1 is 1.29 bits per heavy atom. The summed E-state index contributed by atoms with van der Waals surface area (Å²) in [5, 5.41) is 12.5. The van der Waals surface area contributed by atoms with E-state index in [4.69, 9.17) is 23.2 Å². The van der Waals surface area contributed by atoms with Crippen LogP contribution >= 0.6 is 23.2 Å². The third-order valence-electron chi connectivity index (χ3n) is 2.94. The van der Waals surface area contributed by atoms with Crippen molar-refractivity contribution < 1.29 is 9.90 Å². The molecule has 0 fully saturated rings. The second kappa shape index (κ2) is 7.41. The van der Waals surface area contributed by atoms with Gasteiger partial charge in [0.15, 0.2) is 0 Å². The van der Waals surface area contributed by atoms with Gasteiger partial charge in [0, 0.05) is 6.20 Å². The number of halogens is 2. The molecule has 0 radical (unpaired) electrons. The Morgan fingerprint density at radius 3 is 2.62 bits per heavy atom. The molecule has 1 amide bonds. The molecule has 1 aromatic carbocycles. The zero-order valence-corrected chi connectivity index (χ0v) is 12.6. The van der Waals surface area contributed by atoms with Crippen LogP contribution in [-0.2, 0) is 6.42 Å². The standard InChI is InChI=1S/C15H14Cl2N2O2/c16-13-7-11(8-18-14(13)17)15(21)19-12(9-20)6-10-4-2-1-3-5-10/h1-5,7-8,12,20H,6,9H2,(H,19,21)/t12-/m0/s1. The van der Waals surface area contributed by atoms with E-state index in [1.165, 1.54) is 12.3 Å². The van der Waals surface area contributed by atoms with Gasteiger partial charge < -0.3 is 10.4 Å². The maximum absolute atomic E-state index is 12.1. The Balaban J connectivity index is 2.04. The van der Waals surface area contributed by atoms with Crippen molar-refractivity contribution in [2.24, 2.45) is 0 Å². The SMILES string of the molecule is O=C(N[C@H](CO)Cc1ccccc1)c1cnc(Cl)c(Cl)c1. The lowest BCUT2D eigenvalue weighted by atomic mass is 10.1. The maximum atomic E-state index is 12.1. The van der Waals surface area contributed by atoms with E-state index >= 15 is 0 Å². The topological polar surface area (TPSA) is 62.2 Å². The number of pyridine rings is 1. The molecular weight excluding hydrogens is 311 g/mol. The van der Waals surface area contributed by atoms with Crippen LogP contribution in [0.2, 0.25) is 10.2 Å². The van der Waals surface area contributed by atoms with Crippen molar-refractivity contribution in [2.75, 3.05) is 6.61 Å². The van der Waals surface area contributed by atoms with Crippen molar-refractivity contribution in [1.29, 1.82) is 0 Å². The largest absolute Gasteiger partial charge is 0.394 e. The first-order valence-corrected chi connectivity index (χ1v) is 7.12. The lowest BCUT2D eigenvalue weighted by Gasteiger charge is -2.16. The predicted octanol–water partition coefficient (Wildman–Crippen LogP) is 2.72. The Kier molecular flexibility index (Phi) is 5.56. The first-order chi connectivity index (χ1) is 10.1. The number of carbonyl (C=O) groups excluding carboxylic acids is 1. The molecule has 0 aliphatic heterocycles. The summed E-state index contributed by atoms with van der Waals surface area (Å²) < 4.78 is 0. The van der Waals surface area contributed by atoms with E-state index < -0.39 is 0 Å². The average Bonchev–Trinajstić information content (AvgIpc) is 2.50. The van der Waals surface area contributed by atoms with Crippen LogP contribution in [0, 0.1) is 0 Å². The molecule has 4 nitrogen and oxygen atoms in total. The minimum Gasteiger partial charge on any atom is -0.394 e. The molecule has 2 N–H and O–H groups in total. The van der Waals surface area contributed by atoms with Gasteiger partial charge in [0.1, 0.15) is 5.15 Å². The van der Waals surface area contributed by atoms with Crippen LogP contribution < -0.4 is 5.32 Å². The molecule has 110 valence electrons. The molecular formula is C15H14Cl2N2O2. The summed E-state index contributed by atoms with van der Waals surface area (Å²) >= 11 is 11.5. The highest BCUT2D eigenvalue weighted by atomic mass is 35.5. The van der Waals surface area contributed by atoms with Crippen molar-refractivity contribution in [1.82, 2.24) is 10.3 Å². The summed E-state index contributed by atoms with van der Waals surface area (Å²) in [5.74, 6) is -0.351. The lowest BCUT2D eigenvalue weighted by molar-refractivity contribution is 0.0916. The summed E-state index contributed by atoms with van der Waals surface area (Å²) in [4.78, 5) is 15.9. The third-order valence-corrected chi connectivity index (χ3v) is 3.63. The van der Waals surface area contributed by atoms with E-state index in [9.17, 15) is 9.90 Å². The van der Waals surface area contributed by atoms with E-state index in [-0.39, 0.29) is 28.7 Å². The minimum absolute atomic E-state index is 0.149. The highest BCUT2D eigenvalue weighted by Gasteiger charge is 2.15. The molecule has 21 heavy (non-hydrogen) atoms. The molecule has 1 aromatic heterocycles. The van der Waals surface area contributed by atoms with Gasteiger partial charge in [0.05, 0.1) is 23.2 Å². The molecule has 0 aliphatic carbocycles. The first kappa shape index (κ1) is 15.8. The number of carbonyl (C=O) groups is 1. The molecule has 6 heteroatoms. The Hall–Kier alpha value is -1.62. The highest BCUT2D eigenvalue weighted by Crippen LogP contribution is 2.19. The van der Waals surface area contributed by atoms with Gasteiger partial charge in [0.2, 0.25) is 0 Å². The quantitative estimate of drug-likeness (QED) is 0.831. The normalized spacial score (nSPS) is 12.0. The van der Waals surface area contributed by atoms with E-state index in [2.05, 4.69) is 10.3 Å². The van der Waals surface area contributed by atoms with E-state index in [1.54, 1.807) is 0 Å². The van der Waals surface area contributed by atoms with Gasteiger partial charge in [-0.25, -0.2) is 4.98 Å². The Bertz CT molecular complexity index is 620. The predicted molar refractivity (Wildman–Crippen MR) is 82.7 cm³/mol. The summed E-state index contributed by atoms with van der Waals surface area (Å²) in [5.41, 5.74) is 1.33. The van der Waals surface area contributed by atoms with Crippen molar-refractivity contribution in [3.8, 4) is 0 Å². The van der Waals surface area contributed by atoms with Crippen LogP contribution in [0.5, 0.6) is 0 Å². The van der Waals surface area contributed by atoms with Gasteiger partial charge in [-0.1, -0.05) is 53.5 Å². The highest BCUT2D eigenvalue weighted by molar-refractivity contribution is 6.41. The second-order valence-corrected chi connectivity index (χ2v) is 5.30. The van der Waals surface area contributed by atoms with Crippen molar-refractivity contribution in [3.05, 3.63) is 63.9 Å². The number of nitrogens with one attached hydrogen (secondary N) is 1. The fourth-order valence-corrected chi connectivity index (χ4v) is 2.14. The monoisotopic (exact) mass is 324 g/mol. The second-order valence-electron chi connectivity index (χ2n) is 4.54. The molecule has 0 bridgehead atoms. The van der Waals surface area contributed by atoms with Crippen molar-refractivity contribution in [2.45, 2.75) is 12.5 Å². The Labute approximate surface area is 132 Å². The Morgan fingerprint density at radius 2 is 2.00 bits per heavy atom. The number of hydrogen-bond acceptors (Lipinski definition) is 3. The number of aromatic nitrogens is 1. The number of aliphatic hydroxyl groups excluding tert-OH is 1. The lowest BCUT2D eigenvalue weighted by Crippen LogP contribution is -2.39. The van der Waals surface area contributed by atoms with Crippen LogP contribution in [0.15, 0.2) is 42.6 Å². The average molecular weight is 325 g/mol. The smallest absolute Gasteiger partial charge is 0.253 e. The van der Waals surface area contributed by atoms with Crippen LogP contribution in [0.25, 0.3) is 0 Å². The van der Waals surface area contributed by atoms with Gasteiger partial charge >= 0.3 is 0 Å². The number of aliphatic hydroxyl groups is 1. The summed E-state index contributed by atoms with van der Waals surface area (Å²) in [6.45, 7) is -0.157. The summed E-state index contributed by atoms with van der Waals surface area (Å²) in [6, 6.07) is 10.7. The molecule has 1 heterocycles. The minimum atomic E-state index is -0.380. The van der Waals surface area contributed by atoms with Gasteiger partial charge in [-0.15, -0.1) is 0 Å². The zero-order valence-electron chi connectivity index (χ0n) is 11.1. The number of amides is 1. The number of hydrogen-bond donors (Lipinski definition) is 2. The molecule has 0 saturated heterocycles. The van der Waals surface area contributed by atoms with E-state index in [0.29, 0.717) is 12.0 Å². The zero-order chi connectivity index (χ0) is 15.2. The third kappa shape index (κ3) is 4.43. The first-order valence-electron chi connectivity index (χ1n) is 6.37. The van der Waals surface area contributed by atoms with Crippen LogP contribution in [0.4, 0.5) is 0 Å². The van der Waals surface area contributed by atoms with Crippen LogP contribution in [-0.4, -0.2) is 28.6 Å². The number of nitrogens with zero attached hydrogens (tertiary/aromatic N) is 1. The van der Waals surface area contributed by atoms with Gasteiger partial charge in [0.25, 0.3) is 5.91 Å². The molecule has 0 saturated carbocycles. The molecule has 2 aromatic rings. The summed E-state index contributed by atoms with van der Waals surface area (Å²) in [7, 11) is 0. The molecule has 0 aliphatic rings. The molecule has 1 atom stereocenters. The van der Waals surface area contributed by atoms with E-state index in [0.717, 1.165) is 5.56 Å².